The lowest BCUT2D eigenvalue weighted by Crippen LogP contribution is -2.30. The summed E-state index contributed by atoms with van der Waals surface area (Å²) in [5.74, 6) is -0.322. The van der Waals surface area contributed by atoms with Crippen molar-refractivity contribution >= 4 is 44.2 Å². The Morgan fingerprint density at radius 3 is 2.25 bits per heavy atom. The molecule has 2 rings (SSSR count). The number of carbonyl (C=O) groups is 1. The van der Waals surface area contributed by atoms with Gasteiger partial charge in [0.15, 0.2) is 0 Å². The van der Waals surface area contributed by atoms with Crippen LogP contribution in [0.3, 0.4) is 0 Å². The summed E-state index contributed by atoms with van der Waals surface area (Å²) in [6.07, 6.45) is -0.779. The number of hydrogen-bond acceptors (Lipinski definition) is 4. The van der Waals surface area contributed by atoms with Crippen LogP contribution in [0.5, 0.6) is 0 Å². The Kier molecular flexibility index (Phi) is 6.33. The summed E-state index contributed by atoms with van der Waals surface area (Å²) in [6, 6.07) is 12.9. The lowest BCUT2D eigenvalue weighted by molar-refractivity contribution is 0.102. The second kappa shape index (κ2) is 8.06. The quantitative estimate of drug-likeness (QED) is 0.577. The van der Waals surface area contributed by atoms with Gasteiger partial charge < -0.3 is 10.4 Å². The first-order valence-electron chi connectivity index (χ1n) is 7.12. The van der Waals surface area contributed by atoms with Crippen LogP contribution in [-0.2, 0) is 10.0 Å². The molecular formula is C16H17IN2O4S. The van der Waals surface area contributed by atoms with Crippen LogP contribution in [-0.4, -0.2) is 32.1 Å². The van der Waals surface area contributed by atoms with Crippen LogP contribution >= 0.6 is 22.6 Å². The average Bonchev–Trinajstić information content (AvgIpc) is 2.55. The van der Waals surface area contributed by atoms with Gasteiger partial charge in [0.1, 0.15) is 0 Å². The van der Waals surface area contributed by atoms with E-state index < -0.39 is 16.1 Å². The maximum Gasteiger partial charge on any atom is 0.255 e. The van der Waals surface area contributed by atoms with Crippen LogP contribution in [0, 0.1) is 3.57 Å². The first-order valence-corrected chi connectivity index (χ1v) is 9.69. The molecule has 0 saturated carbocycles. The molecule has 8 heteroatoms. The number of hydrogen-bond donors (Lipinski definition) is 3. The fourth-order valence-electron chi connectivity index (χ4n) is 1.84. The molecule has 0 radical (unpaired) electrons. The summed E-state index contributed by atoms with van der Waals surface area (Å²) < 4.78 is 27.4. The predicted octanol–water partition coefficient (Wildman–Crippen LogP) is 2.20. The molecule has 2 aromatic carbocycles. The Bertz CT molecular complexity index is 803. The van der Waals surface area contributed by atoms with Crippen molar-refractivity contribution in [2.75, 3.05) is 11.9 Å². The highest BCUT2D eigenvalue weighted by Crippen LogP contribution is 2.14. The smallest absolute Gasteiger partial charge is 0.255 e. The molecule has 6 nitrogen and oxygen atoms in total. The Labute approximate surface area is 154 Å². The highest BCUT2D eigenvalue weighted by molar-refractivity contribution is 14.1. The van der Waals surface area contributed by atoms with E-state index in [0.29, 0.717) is 11.3 Å². The SMILES string of the molecule is CC(O)CNS(=O)(=O)c1ccc(C(=O)Nc2ccc(I)cc2)cc1. The van der Waals surface area contributed by atoms with Crippen LogP contribution in [0.1, 0.15) is 17.3 Å². The zero-order valence-corrected chi connectivity index (χ0v) is 15.8. The van der Waals surface area contributed by atoms with Gasteiger partial charge in [-0.1, -0.05) is 0 Å². The van der Waals surface area contributed by atoms with Crippen molar-refractivity contribution in [3.05, 3.63) is 57.7 Å². The third-order valence-corrected chi connectivity index (χ3v) is 5.26. The van der Waals surface area contributed by atoms with Gasteiger partial charge in [-0.25, -0.2) is 13.1 Å². The van der Waals surface area contributed by atoms with Crippen LogP contribution in [0.25, 0.3) is 0 Å². The van der Waals surface area contributed by atoms with Crippen molar-refractivity contribution in [1.82, 2.24) is 4.72 Å². The Morgan fingerprint density at radius 1 is 1.12 bits per heavy atom. The number of aliphatic hydroxyl groups is 1. The Morgan fingerprint density at radius 2 is 1.71 bits per heavy atom. The topological polar surface area (TPSA) is 95.5 Å². The third-order valence-electron chi connectivity index (χ3n) is 3.10. The number of benzene rings is 2. The number of sulfonamides is 1. The van der Waals surface area contributed by atoms with E-state index in [1.807, 2.05) is 12.1 Å². The minimum absolute atomic E-state index is 0.0361. The maximum absolute atomic E-state index is 12.2. The number of rotatable bonds is 6. The summed E-state index contributed by atoms with van der Waals surface area (Å²) >= 11 is 2.17. The van der Waals surface area contributed by atoms with E-state index in [4.69, 9.17) is 5.11 Å². The molecule has 0 aliphatic rings. The molecule has 128 valence electrons. The van der Waals surface area contributed by atoms with Gasteiger partial charge in [-0.15, -0.1) is 0 Å². The van der Waals surface area contributed by atoms with Crippen LogP contribution in [0.2, 0.25) is 0 Å². The summed E-state index contributed by atoms with van der Waals surface area (Å²) in [7, 11) is -3.70. The minimum atomic E-state index is -3.70. The molecule has 0 fully saturated rings. The number of halogens is 1. The molecular weight excluding hydrogens is 443 g/mol. The number of nitrogens with one attached hydrogen (secondary N) is 2. The van der Waals surface area contributed by atoms with Gasteiger partial charge in [0.05, 0.1) is 11.0 Å². The van der Waals surface area contributed by atoms with Crippen LogP contribution in [0.15, 0.2) is 53.4 Å². The molecule has 24 heavy (non-hydrogen) atoms. The summed E-state index contributed by atoms with van der Waals surface area (Å²) in [6.45, 7) is 1.41. The van der Waals surface area contributed by atoms with E-state index in [9.17, 15) is 13.2 Å². The second-order valence-electron chi connectivity index (χ2n) is 5.19. The van der Waals surface area contributed by atoms with Gasteiger partial charge in [-0.3, -0.25) is 4.79 Å². The molecule has 0 aliphatic heterocycles. The highest BCUT2D eigenvalue weighted by atomic mass is 127. The predicted molar refractivity (Wildman–Crippen MR) is 100 cm³/mol. The van der Waals surface area contributed by atoms with E-state index >= 15 is 0 Å². The van der Waals surface area contributed by atoms with Crippen molar-refractivity contribution in [3.8, 4) is 0 Å². The fraction of sp³-hybridized carbons (Fsp3) is 0.188. The Hall–Kier alpha value is -1.49. The van der Waals surface area contributed by atoms with Gasteiger partial charge in [-0.2, -0.15) is 0 Å². The molecule has 1 unspecified atom stereocenters. The number of anilines is 1. The van der Waals surface area contributed by atoms with Gasteiger partial charge in [0.2, 0.25) is 10.0 Å². The molecule has 0 saturated heterocycles. The highest BCUT2D eigenvalue weighted by Gasteiger charge is 2.15. The van der Waals surface area contributed by atoms with Crippen molar-refractivity contribution in [2.24, 2.45) is 0 Å². The average molecular weight is 460 g/mol. The van der Waals surface area contributed by atoms with E-state index in [1.54, 1.807) is 12.1 Å². The number of aliphatic hydroxyl groups excluding tert-OH is 1. The normalized spacial score (nSPS) is 12.6. The largest absolute Gasteiger partial charge is 0.392 e. The summed E-state index contributed by atoms with van der Waals surface area (Å²) in [5.41, 5.74) is 1.01. The molecule has 1 amide bonds. The molecule has 0 aliphatic carbocycles. The molecule has 1 atom stereocenters. The van der Waals surface area contributed by atoms with E-state index in [2.05, 4.69) is 32.6 Å². The van der Waals surface area contributed by atoms with Gasteiger partial charge >= 0.3 is 0 Å². The first kappa shape index (κ1) is 18.8. The lowest BCUT2D eigenvalue weighted by Gasteiger charge is -2.09. The number of amides is 1. The fourth-order valence-corrected chi connectivity index (χ4v) is 3.32. The first-order chi connectivity index (χ1) is 11.3. The van der Waals surface area contributed by atoms with Crippen LogP contribution in [0.4, 0.5) is 5.69 Å². The summed E-state index contributed by atoms with van der Waals surface area (Å²) in [4.78, 5) is 12.2. The van der Waals surface area contributed by atoms with E-state index in [-0.39, 0.29) is 17.3 Å². The van der Waals surface area contributed by atoms with Gasteiger partial charge in [0.25, 0.3) is 5.91 Å². The molecule has 0 aromatic heterocycles. The zero-order chi connectivity index (χ0) is 17.7. The van der Waals surface area contributed by atoms with Gasteiger partial charge in [-0.05, 0) is 78.0 Å². The molecule has 2 aromatic rings. The Balaban J connectivity index is 2.08. The van der Waals surface area contributed by atoms with Crippen molar-refractivity contribution in [2.45, 2.75) is 17.9 Å². The molecule has 0 bridgehead atoms. The second-order valence-corrected chi connectivity index (χ2v) is 8.20. The molecule has 0 heterocycles. The third kappa shape index (κ3) is 5.26. The standard InChI is InChI=1S/C16H17IN2O4S/c1-11(20)10-18-24(22,23)15-8-2-12(3-9-15)16(21)19-14-6-4-13(17)5-7-14/h2-9,11,18,20H,10H2,1H3,(H,19,21). The van der Waals surface area contributed by atoms with Crippen molar-refractivity contribution in [1.29, 1.82) is 0 Å². The monoisotopic (exact) mass is 460 g/mol. The van der Waals surface area contributed by atoms with Gasteiger partial charge in [0, 0.05) is 21.4 Å². The van der Waals surface area contributed by atoms with Crippen LogP contribution < -0.4 is 10.0 Å². The molecule has 3 N–H and O–H groups in total. The van der Waals surface area contributed by atoms with E-state index in [0.717, 1.165) is 3.57 Å². The lowest BCUT2D eigenvalue weighted by atomic mass is 10.2. The summed E-state index contributed by atoms with van der Waals surface area (Å²) in [5, 5.41) is 11.9. The minimum Gasteiger partial charge on any atom is -0.392 e. The van der Waals surface area contributed by atoms with Crippen molar-refractivity contribution < 1.29 is 18.3 Å². The number of carbonyl (C=O) groups excluding carboxylic acids is 1. The van der Waals surface area contributed by atoms with E-state index in [1.165, 1.54) is 31.2 Å². The maximum atomic E-state index is 12.2. The zero-order valence-electron chi connectivity index (χ0n) is 12.9. The molecule has 0 spiro atoms. The van der Waals surface area contributed by atoms with Crippen molar-refractivity contribution in [3.63, 3.8) is 0 Å².